The smallest absolute Gasteiger partial charge is 0.259 e. The lowest BCUT2D eigenvalue weighted by atomic mass is 10.1. The highest BCUT2D eigenvalue weighted by Gasteiger charge is 2.43. The van der Waals surface area contributed by atoms with Crippen LogP contribution >= 0.6 is 11.8 Å². The molecule has 10 nitrogen and oxygen atoms in total. The third-order valence-corrected chi connectivity index (χ3v) is 9.67. The first kappa shape index (κ1) is 29.1. The highest BCUT2D eigenvalue weighted by Crippen LogP contribution is 2.34. The lowest BCUT2D eigenvalue weighted by Gasteiger charge is -2.36. The Labute approximate surface area is 267 Å². The van der Waals surface area contributed by atoms with Gasteiger partial charge in [0.2, 0.25) is 11.8 Å². The van der Waals surface area contributed by atoms with Crippen LogP contribution in [0.25, 0.3) is 0 Å². The molecule has 7 rings (SSSR count). The molecule has 0 spiro atoms. The predicted octanol–water partition coefficient (Wildman–Crippen LogP) is 3.47. The fourth-order valence-corrected chi connectivity index (χ4v) is 7.15. The maximum atomic E-state index is 13.8. The number of anilines is 2. The van der Waals surface area contributed by atoms with Crippen molar-refractivity contribution in [2.75, 3.05) is 67.9 Å². The summed E-state index contributed by atoms with van der Waals surface area (Å²) in [6, 6.07) is 27.2. The van der Waals surface area contributed by atoms with Crippen molar-refractivity contribution < 1.29 is 14.4 Å². The van der Waals surface area contributed by atoms with Crippen molar-refractivity contribution in [1.82, 2.24) is 14.7 Å². The molecule has 2 saturated heterocycles. The summed E-state index contributed by atoms with van der Waals surface area (Å²) >= 11 is 1.26. The predicted molar refractivity (Wildman–Crippen MR) is 178 cm³/mol. The van der Waals surface area contributed by atoms with Gasteiger partial charge in [-0.3, -0.25) is 19.4 Å². The molecule has 1 atom stereocenters. The average molecular weight is 622 g/mol. The van der Waals surface area contributed by atoms with Gasteiger partial charge in [-0.2, -0.15) is 0 Å². The van der Waals surface area contributed by atoms with E-state index in [4.69, 9.17) is 9.98 Å². The molecule has 230 valence electrons. The molecule has 0 aromatic heterocycles. The lowest BCUT2D eigenvalue weighted by Crippen LogP contribution is -2.50. The van der Waals surface area contributed by atoms with E-state index in [1.54, 1.807) is 0 Å². The van der Waals surface area contributed by atoms with Crippen molar-refractivity contribution in [3.05, 3.63) is 90.5 Å². The monoisotopic (exact) mass is 621 g/mol. The number of para-hydroxylation sites is 3. The maximum absolute atomic E-state index is 13.8. The molecule has 0 bridgehead atoms. The average Bonchev–Trinajstić information content (AvgIpc) is 3.43. The number of amides is 3. The van der Waals surface area contributed by atoms with Gasteiger partial charge in [0.05, 0.1) is 17.9 Å². The Bertz CT molecular complexity index is 1630. The van der Waals surface area contributed by atoms with Gasteiger partial charge < -0.3 is 19.6 Å². The van der Waals surface area contributed by atoms with Crippen LogP contribution in [0.5, 0.6) is 0 Å². The molecule has 4 heterocycles. The van der Waals surface area contributed by atoms with Gasteiger partial charge >= 0.3 is 0 Å². The molecule has 3 aromatic rings. The summed E-state index contributed by atoms with van der Waals surface area (Å²) in [5, 5.41) is 0.431. The Kier molecular flexibility index (Phi) is 8.25. The largest absolute Gasteiger partial charge is 0.368 e. The normalized spacial score (nSPS) is 19.6. The fraction of sp³-hybridized carbons (Fsp3) is 0.324. The Hall–Kier alpha value is -4.64. The van der Waals surface area contributed by atoms with Gasteiger partial charge in [-0.25, -0.2) is 9.89 Å². The number of aliphatic imine (C=N–C) groups is 2. The number of carbonyl (C=O) groups is 3. The van der Waals surface area contributed by atoms with Gasteiger partial charge in [-0.15, -0.1) is 0 Å². The minimum atomic E-state index is -0.821. The van der Waals surface area contributed by atoms with E-state index in [0.29, 0.717) is 42.9 Å². The van der Waals surface area contributed by atoms with Crippen molar-refractivity contribution in [2.24, 2.45) is 9.98 Å². The molecular formula is C34H35N7O3S. The molecule has 0 unspecified atom stereocenters. The zero-order chi connectivity index (χ0) is 30.8. The van der Waals surface area contributed by atoms with Crippen LogP contribution in [0.4, 0.5) is 17.1 Å². The molecule has 45 heavy (non-hydrogen) atoms. The molecule has 3 amide bonds. The standard InChI is InChI=1S/C34H35N7O3S/c42-30(39-19-15-37(16-20-39)25-9-3-1-4-10-25)23-29-33(44)41-32(35-29)27-13-7-8-14-28(27)36-34(41)45-24-31(43)40-21-17-38(18-22-40)26-11-5-2-6-12-26/h1-14,29H,15-24H2/t29-/m0/s1. The van der Waals surface area contributed by atoms with Crippen LogP contribution in [-0.2, 0) is 14.4 Å². The quantitative estimate of drug-likeness (QED) is 0.419. The Morgan fingerprint density at radius 2 is 1.22 bits per heavy atom. The van der Waals surface area contributed by atoms with Crippen LogP contribution in [0.1, 0.15) is 12.0 Å². The van der Waals surface area contributed by atoms with Crippen LogP contribution in [0, 0.1) is 0 Å². The Morgan fingerprint density at radius 3 is 1.82 bits per heavy atom. The van der Waals surface area contributed by atoms with Crippen molar-refractivity contribution in [2.45, 2.75) is 12.5 Å². The summed E-state index contributed by atoms with van der Waals surface area (Å²) in [7, 11) is 0. The third kappa shape index (κ3) is 6.04. The minimum absolute atomic E-state index is 0.00884. The Morgan fingerprint density at radius 1 is 0.689 bits per heavy atom. The van der Waals surface area contributed by atoms with Crippen molar-refractivity contribution in [3.63, 3.8) is 0 Å². The van der Waals surface area contributed by atoms with Gasteiger partial charge in [-0.1, -0.05) is 60.3 Å². The van der Waals surface area contributed by atoms with E-state index >= 15 is 0 Å². The van der Waals surface area contributed by atoms with Crippen LogP contribution in [-0.4, -0.2) is 108 Å². The number of hydrogen-bond donors (Lipinski definition) is 0. The number of rotatable bonds is 6. The molecule has 0 aliphatic carbocycles. The first-order valence-electron chi connectivity index (χ1n) is 15.4. The fourth-order valence-electron chi connectivity index (χ4n) is 6.25. The number of piperazine rings is 2. The van der Waals surface area contributed by atoms with Crippen molar-refractivity contribution >= 4 is 57.5 Å². The number of thioether (sulfide) groups is 1. The summed E-state index contributed by atoms with van der Waals surface area (Å²) in [4.78, 5) is 59.7. The van der Waals surface area contributed by atoms with E-state index in [1.165, 1.54) is 16.7 Å². The van der Waals surface area contributed by atoms with Crippen LogP contribution in [0.3, 0.4) is 0 Å². The second-order valence-electron chi connectivity index (χ2n) is 11.5. The summed E-state index contributed by atoms with van der Waals surface area (Å²) in [6.07, 6.45) is 0.00884. The molecule has 0 radical (unpaired) electrons. The van der Waals surface area contributed by atoms with Gasteiger partial charge in [0, 0.05) is 69.3 Å². The highest BCUT2D eigenvalue weighted by atomic mass is 32.2. The van der Waals surface area contributed by atoms with Gasteiger partial charge in [0.25, 0.3) is 5.91 Å². The van der Waals surface area contributed by atoms with E-state index in [1.807, 2.05) is 70.5 Å². The molecule has 4 aliphatic rings. The second kappa shape index (κ2) is 12.8. The number of nitrogens with zero attached hydrogens (tertiary/aromatic N) is 7. The zero-order valence-corrected chi connectivity index (χ0v) is 25.8. The molecule has 0 N–H and O–H groups in total. The zero-order valence-electron chi connectivity index (χ0n) is 25.0. The highest BCUT2D eigenvalue weighted by molar-refractivity contribution is 8.14. The molecule has 11 heteroatoms. The van der Waals surface area contributed by atoms with E-state index in [-0.39, 0.29) is 29.9 Å². The van der Waals surface area contributed by atoms with Gasteiger partial charge in [0.15, 0.2) is 5.17 Å². The SMILES string of the molecule is O=C(CSC1=Nc2ccccc2C2=N[C@@H](CC(=O)N3CCN(c4ccccc4)CC3)C(=O)N12)N1CCN(c2ccccc2)CC1. The van der Waals surface area contributed by atoms with E-state index in [2.05, 4.69) is 34.1 Å². The van der Waals surface area contributed by atoms with Crippen LogP contribution in [0.15, 0.2) is 94.9 Å². The summed E-state index contributed by atoms with van der Waals surface area (Å²) < 4.78 is 0. The topological polar surface area (TPSA) is 92.1 Å². The number of amidine groups is 2. The summed E-state index contributed by atoms with van der Waals surface area (Å²) in [6.45, 7) is 5.51. The van der Waals surface area contributed by atoms with E-state index in [0.717, 1.165) is 43.1 Å². The lowest BCUT2D eigenvalue weighted by molar-refractivity contribution is -0.135. The number of benzene rings is 3. The molecule has 0 saturated carbocycles. The minimum Gasteiger partial charge on any atom is -0.368 e. The van der Waals surface area contributed by atoms with Crippen molar-refractivity contribution in [3.8, 4) is 0 Å². The first-order valence-corrected chi connectivity index (χ1v) is 16.4. The van der Waals surface area contributed by atoms with Gasteiger partial charge in [-0.05, 0) is 36.4 Å². The summed E-state index contributed by atoms with van der Waals surface area (Å²) in [5.41, 5.74) is 3.77. The van der Waals surface area contributed by atoms with Crippen LogP contribution < -0.4 is 9.80 Å². The molecule has 3 aromatic carbocycles. The first-order chi connectivity index (χ1) is 22.0. The number of hydrogen-bond acceptors (Lipinski definition) is 8. The number of carbonyl (C=O) groups excluding carboxylic acids is 3. The molecule has 2 fully saturated rings. The van der Waals surface area contributed by atoms with Crippen molar-refractivity contribution in [1.29, 1.82) is 0 Å². The Balaban J connectivity index is 0.987. The van der Waals surface area contributed by atoms with Crippen LogP contribution in [0.2, 0.25) is 0 Å². The second-order valence-corrected chi connectivity index (χ2v) is 12.4. The third-order valence-electron chi connectivity index (χ3n) is 8.75. The maximum Gasteiger partial charge on any atom is 0.259 e. The van der Waals surface area contributed by atoms with E-state index in [9.17, 15) is 14.4 Å². The number of fused-ring (bicyclic) bond motifs is 3. The molecular weight excluding hydrogens is 586 g/mol. The summed E-state index contributed by atoms with van der Waals surface area (Å²) in [5.74, 6) is 0.337. The molecule has 4 aliphatic heterocycles. The van der Waals surface area contributed by atoms with Gasteiger partial charge in [0.1, 0.15) is 11.9 Å². The van der Waals surface area contributed by atoms with E-state index < -0.39 is 6.04 Å².